The first-order valence-corrected chi connectivity index (χ1v) is 11.3. The zero-order valence-corrected chi connectivity index (χ0v) is 19.1. The average molecular weight is 444 g/mol. The van der Waals surface area contributed by atoms with Crippen molar-refractivity contribution in [3.05, 3.63) is 84.2 Å². The van der Waals surface area contributed by atoms with Gasteiger partial charge in [-0.3, -0.25) is 14.6 Å². The Morgan fingerprint density at radius 2 is 1.82 bits per heavy atom. The van der Waals surface area contributed by atoms with Crippen LogP contribution in [0, 0.1) is 0 Å². The lowest BCUT2D eigenvalue weighted by molar-refractivity contribution is -0.150. The number of amides is 2. The smallest absolute Gasteiger partial charge is 0.245 e. The number of pyridine rings is 1. The summed E-state index contributed by atoms with van der Waals surface area (Å²) in [6, 6.07) is 19.0. The van der Waals surface area contributed by atoms with Crippen molar-refractivity contribution in [3.8, 4) is 16.9 Å². The highest BCUT2D eigenvalue weighted by Gasteiger charge is 2.36. The summed E-state index contributed by atoms with van der Waals surface area (Å²) in [4.78, 5) is 34.3. The Bertz CT molecular complexity index is 1100. The molecule has 1 aliphatic rings. The van der Waals surface area contributed by atoms with E-state index < -0.39 is 6.04 Å². The first kappa shape index (κ1) is 22.5. The number of aromatic nitrogens is 1. The lowest BCUT2D eigenvalue weighted by atomic mass is 9.97. The van der Waals surface area contributed by atoms with Crippen molar-refractivity contribution >= 4 is 11.8 Å². The lowest BCUT2D eigenvalue weighted by Gasteiger charge is -2.40. The van der Waals surface area contributed by atoms with Crippen molar-refractivity contribution in [2.24, 2.45) is 0 Å². The molecule has 0 radical (unpaired) electrons. The molecule has 6 heteroatoms. The number of carbonyl (C=O) groups is 2. The lowest BCUT2D eigenvalue weighted by Crippen LogP contribution is -2.59. The number of rotatable bonds is 7. The Morgan fingerprint density at radius 1 is 1.03 bits per heavy atom. The number of benzene rings is 2. The number of hydrogen-bond acceptors (Lipinski definition) is 4. The van der Waals surface area contributed by atoms with Crippen molar-refractivity contribution in [1.82, 2.24) is 14.8 Å². The molecule has 1 unspecified atom stereocenters. The van der Waals surface area contributed by atoms with Crippen molar-refractivity contribution in [2.45, 2.75) is 25.8 Å². The van der Waals surface area contributed by atoms with Crippen LogP contribution in [0.25, 0.3) is 11.1 Å². The third kappa shape index (κ3) is 5.22. The van der Waals surface area contributed by atoms with Gasteiger partial charge in [-0.15, -0.1) is 0 Å². The Kier molecular flexibility index (Phi) is 7.03. The van der Waals surface area contributed by atoms with E-state index in [1.165, 1.54) is 0 Å². The first-order chi connectivity index (χ1) is 16.1. The van der Waals surface area contributed by atoms with E-state index >= 15 is 0 Å². The molecule has 0 N–H and O–H groups in total. The summed E-state index contributed by atoms with van der Waals surface area (Å²) >= 11 is 0. The molecule has 0 spiro atoms. The predicted octanol–water partition coefficient (Wildman–Crippen LogP) is 3.60. The number of ether oxygens (including phenoxy) is 1. The van der Waals surface area contributed by atoms with Crippen molar-refractivity contribution in [1.29, 1.82) is 0 Å². The van der Waals surface area contributed by atoms with Crippen molar-refractivity contribution < 1.29 is 14.3 Å². The molecule has 170 valence electrons. The summed E-state index contributed by atoms with van der Waals surface area (Å²) in [6.45, 7) is 3.73. The number of likely N-dealkylation sites (N-methyl/N-ethyl adjacent to an activating group) is 1. The number of hydrogen-bond donors (Lipinski definition) is 0. The highest BCUT2D eigenvalue weighted by molar-refractivity contribution is 5.90. The van der Waals surface area contributed by atoms with Crippen LogP contribution in [0.5, 0.6) is 5.75 Å². The highest BCUT2D eigenvalue weighted by atomic mass is 16.5. The second-order valence-corrected chi connectivity index (χ2v) is 8.19. The maximum Gasteiger partial charge on any atom is 0.245 e. The minimum atomic E-state index is -0.506. The summed E-state index contributed by atoms with van der Waals surface area (Å²) < 4.78 is 5.20. The standard InChI is InChI=1S/C27H29N3O3/c1-3-29-14-15-30(26(31)18-20-9-11-24(33-2)12-10-20)25(27(29)32)17-21-6-4-7-22(16-21)23-8-5-13-28-19-23/h4-13,16,19,25H,3,14-15,17-18H2,1-2H3. The third-order valence-corrected chi connectivity index (χ3v) is 6.15. The molecule has 33 heavy (non-hydrogen) atoms. The van der Waals surface area contributed by atoms with Crippen molar-refractivity contribution in [2.75, 3.05) is 26.7 Å². The van der Waals surface area contributed by atoms with E-state index in [1.807, 2.05) is 72.6 Å². The third-order valence-electron chi connectivity index (χ3n) is 6.15. The second kappa shape index (κ2) is 10.3. The van der Waals surface area contributed by atoms with Gasteiger partial charge in [0.1, 0.15) is 11.8 Å². The van der Waals surface area contributed by atoms with Crippen LogP contribution in [0.15, 0.2) is 73.1 Å². The maximum absolute atomic E-state index is 13.3. The fourth-order valence-electron chi connectivity index (χ4n) is 4.30. The molecular formula is C27H29N3O3. The Hall–Kier alpha value is -3.67. The van der Waals surface area contributed by atoms with Gasteiger partial charge in [0, 0.05) is 38.4 Å². The van der Waals surface area contributed by atoms with Gasteiger partial charge in [0.25, 0.3) is 0 Å². The molecule has 1 aliphatic heterocycles. The average Bonchev–Trinajstić information content (AvgIpc) is 2.86. The largest absolute Gasteiger partial charge is 0.497 e. The van der Waals surface area contributed by atoms with Gasteiger partial charge in [-0.05, 0) is 47.4 Å². The Morgan fingerprint density at radius 3 is 2.52 bits per heavy atom. The quantitative estimate of drug-likeness (QED) is 0.560. The van der Waals surface area contributed by atoms with Crippen LogP contribution in [0.4, 0.5) is 0 Å². The van der Waals surface area contributed by atoms with Gasteiger partial charge in [0.2, 0.25) is 11.8 Å². The molecule has 1 aromatic heterocycles. The van der Waals surface area contributed by atoms with Gasteiger partial charge < -0.3 is 14.5 Å². The minimum absolute atomic E-state index is 0.0126. The van der Waals surface area contributed by atoms with Gasteiger partial charge in [-0.25, -0.2) is 0 Å². The highest BCUT2D eigenvalue weighted by Crippen LogP contribution is 2.23. The molecular weight excluding hydrogens is 414 g/mol. The molecule has 0 aliphatic carbocycles. The number of nitrogens with zero attached hydrogens (tertiary/aromatic N) is 3. The zero-order chi connectivity index (χ0) is 23.2. The van der Waals surface area contributed by atoms with Crippen LogP contribution in [0.3, 0.4) is 0 Å². The fourth-order valence-corrected chi connectivity index (χ4v) is 4.30. The number of carbonyl (C=O) groups excluding carboxylic acids is 2. The van der Waals surface area contributed by atoms with E-state index in [2.05, 4.69) is 11.1 Å². The fraction of sp³-hybridized carbons (Fsp3) is 0.296. The molecule has 6 nitrogen and oxygen atoms in total. The summed E-state index contributed by atoms with van der Waals surface area (Å²) in [7, 11) is 1.62. The topological polar surface area (TPSA) is 62.7 Å². The van der Waals surface area contributed by atoms with Crippen LogP contribution in [-0.2, 0) is 22.4 Å². The molecule has 1 saturated heterocycles. The van der Waals surface area contributed by atoms with E-state index in [0.717, 1.165) is 28.0 Å². The predicted molar refractivity (Wildman–Crippen MR) is 128 cm³/mol. The summed E-state index contributed by atoms with van der Waals surface area (Å²) in [5.74, 6) is 0.737. The summed E-state index contributed by atoms with van der Waals surface area (Å²) in [6.07, 6.45) is 4.32. The number of piperazine rings is 1. The number of methoxy groups -OCH3 is 1. The Balaban J connectivity index is 1.55. The van der Waals surface area contributed by atoms with E-state index in [0.29, 0.717) is 26.1 Å². The second-order valence-electron chi connectivity index (χ2n) is 8.19. The van der Waals surface area contributed by atoms with Crippen LogP contribution >= 0.6 is 0 Å². The summed E-state index contributed by atoms with van der Waals surface area (Å²) in [5.41, 5.74) is 4.00. The van der Waals surface area contributed by atoms with E-state index in [1.54, 1.807) is 18.2 Å². The molecule has 4 rings (SSSR count). The van der Waals surface area contributed by atoms with Gasteiger partial charge in [-0.1, -0.05) is 42.5 Å². The first-order valence-electron chi connectivity index (χ1n) is 11.3. The van der Waals surface area contributed by atoms with Crippen molar-refractivity contribution in [3.63, 3.8) is 0 Å². The normalized spacial score (nSPS) is 16.1. The van der Waals surface area contributed by atoms with Gasteiger partial charge in [0.15, 0.2) is 0 Å². The molecule has 2 heterocycles. The molecule has 1 atom stereocenters. The molecule has 1 fully saturated rings. The van der Waals surface area contributed by atoms with Gasteiger partial charge in [0.05, 0.1) is 13.5 Å². The summed E-state index contributed by atoms with van der Waals surface area (Å²) in [5, 5.41) is 0. The molecule has 0 saturated carbocycles. The monoisotopic (exact) mass is 443 g/mol. The molecule has 0 bridgehead atoms. The van der Waals surface area contributed by atoms with Crippen LogP contribution in [0.1, 0.15) is 18.1 Å². The van der Waals surface area contributed by atoms with E-state index in [-0.39, 0.29) is 18.2 Å². The SMILES string of the molecule is CCN1CCN(C(=O)Cc2ccc(OC)cc2)C(Cc2cccc(-c3cccnc3)c2)C1=O. The van der Waals surface area contributed by atoms with Crippen LogP contribution < -0.4 is 4.74 Å². The van der Waals surface area contributed by atoms with Gasteiger partial charge in [-0.2, -0.15) is 0 Å². The van der Waals surface area contributed by atoms with Crippen LogP contribution in [0.2, 0.25) is 0 Å². The molecule has 2 amide bonds. The van der Waals surface area contributed by atoms with Gasteiger partial charge >= 0.3 is 0 Å². The molecule has 3 aromatic rings. The van der Waals surface area contributed by atoms with E-state index in [9.17, 15) is 9.59 Å². The maximum atomic E-state index is 13.3. The Labute approximate surface area is 194 Å². The van der Waals surface area contributed by atoms with E-state index in [4.69, 9.17) is 4.74 Å². The molecule has 2 aromatic carbocycles. The minimum Gasteiger partial charge on any atom is -0.497 e. The van der Waals surface area contributed by atoms with Crippen LogP contribution in [-0.4, -0.2) is 59.4 Å². The zero-order valence-electron chi connectivity index (χ0n) is 19.1.